The number of hydrogen-bond donors (Lipinski definition) is 1. The van der Waals surface area contributed by atoms with Crippen molar-refractivity contribution in [2.45, 2.75) is 64.0 Å². The number of rotatable bonds is 4. The average molecular weight is 328 g/mol. The van der Waals surface area contributed by atoms with E-state index in [2.05, 4.69) is 5.32 Å². The van der Waals surface area contributed by atoms with Crippen LogP contribution < -0.4 is 5.32 Å². The Bertz CT molecular complexity index is 550. The van der Waals surface area contributed by atoms with Crippen molar-refractivity contribution < 1.29 is 9.59 Å². The van der Waals surface area contributed by atoms with Gasteiger partial charge in [0.25, 0.3) is 0 Å². The van der Waals surface area contributed by atoms with E-state index in [4.69, 9.17) is 0 Å². The predicted octanol–water partition coefficient (Wildman–Crippen LogP) is 3.26. The van der Waals surface area contributed by atoms with Crippen molar-refractivity contribution in [1.82, 2.24) is 10.2 Å². The lowest BCUT2D eigenvalue weighted by Gasteiger charge is -2.37. The fourth-order valence-electron chi connectivity index (χ4n) is 3.94. The Labute approximate surface area is 144 Å². The van der Waals surface area contributed by atoms with E-state index in [1.807, 2.05) is 35.2 Å². The van der Waals surface area contributed by atoms with Crippen molar-refractivity contribution >= 4 is 11.8 Å². The molecule has 24 heavy (non-hydrogen) atoms. The van der Waals surface area contributed by atoms with E-state index in [0.29, 0.717) is 32.0 Å². The molecule has 1 aliphatic carbocycles. The van der Waals surface area contributed by atoms with Crippen LogP contribution in [0.15, 0.2) is 30.3 Å². The van der Waals surface area contributed by atoms with Crippen LogP contribution in [0.2, 0.25) is 0 Å². The topological polar surface area (TPSA) is 49.4 Å². The Hall–Kier alpha value is -1.84. The van der Waals surface area contributed by atoms with Gasteiger partial charge in [-0.2, -0.15) is 0 Å². The summed E-state index contributed by atoms with van der Waals surface area (Å²) in [5, 5.41) is 3.04. The molecule has 1 N–H and O–H groups in total. The largest absolute Gasteiger partial charge is 0.352 e. The molecule has 1 saturated carbocycles. The Morgan fingerprint density at radius 1 is 1.04 bits per heavy atom. The normalized spacial score (nSPS) is 22.9. The molecule has 1 heterocycles. The summed E-state index contributed by atoms with van der Waals surface area (Å²) >= 11 is 0. The molecule has 1 aromatic carbocycles. The fourth-order valence-corrected chi connectivity index (χ4v) is 3.94. The zero-order valence-corrected chi connectivity index (χ0v) is 14.4. The SMILES string of the molecule is O=C(NCc1ccccc1)[C@@H]1CCC(=O)N(C2CCCCCC2)C1. The summed E-state index contributed by atoms with van der Waals surface area (Å²) in [7, 11) is 0. The van der Waals surface area contributed by atoms with E-state index < -0.39 is 0 Å². The lowest BCUT2D eigenvalue weighted by atomic mass is 9.93. The van der Waals surface area contributed by atoms with Gasteiger partial charge in [0.1, 0.15) is 0 Å². The highest BCUT2D eigenvalue weighted by molar-refractivity contribution is 5.84. The number of nitrogens with zero attached hydrogens (tertiary/aromatic N) is 1. The van der Waals surface area contributed by atoms with Gasteiger partial charge in [-0.25, -0.2) is 0 Å². The number of carbonyl (C=O) groups excluding carboxylic acids is 2. The van der Waals surface area contributed by atoms with Crippen LogP contribution in [0.1, 0.15) is 56.9 Å². The first-order valence-electron chi connectivity index (χ1n) is 9.35. The van der Waals surface area contributed by atoms with Gasteiger partial charge in [0.15, 0.2) is 0 Å². The molecular formula is C20H28N2O2. The standard InChI is InChI=1S/C20H28N2O2/c23-19-13-12-17(15-22(19)18-10-6-1-2-7-11-18)20(24)21-14-16-8-4-3-5-9-16/h3-5,8-9,17-18H,1-2,6-7,10-15H2,(H,21,24)/t17-/m1/s1. The summed E-state index contributed by atoms with van der Waals surface area (Å²) in [5.41, 5.74) is 1.11. The van der Waals surface area contributed by atoms with Crippen LogP contribution in [-0.4, -0.2) is 29.3 Å². The Kier molecular flexibility index (Phi) is 5.89. The number of piperidine rings is 1. The summed E-state index contributed by atoms with van der Waals surface area (Å²) < 4.78 is 0. The molecule has 1 aromatic rings. The van der Waals surface area contributed by atoms with Gasteiger partial charge in [-0.15, -0.1) is 0 Å². The van der Waals surface area contributed by atoms with E-state index in [-0.39, 0.29) is 17.7 Å². The van der Waals surface area contributed by atoms with Gasteiger partial charge < -0.3 is 10.2 Å². The third kappa shape index (κ3) is 4.37. The quantitative estimate of drug-likeness (QED) is 0.863. The Balaban J connectivity index is 1.55. The van der Waals surface area contributed by atoms with E-state index in [1.54, 1.807) is 0 Å². The highest BCUT2D eigenvalue weighted by Gasteiger charge is 2.34. The molecule has 0 bridgehead atoms. The van der Waals surface area contributed by atoms with Crippen molar-refractivity contribution in [3.8, 4) is 0 Å². The number of amides is 2. The number of carbonyl (C=O) groups is 2. The van der Waals surface area contributed by atoms with Crippen molar-refractivity contribution in [3.05, 3.63) is 35.9 Å². The first-order valence-corrected chi connectivity index (χ1v) is 9.35. The summed E-state index contributed by atoms with van der Waals surface area (Å²) in [5.74, 6) is 0.272. The minimum Gasteiger partial charge on any atom is -0.352 e. The lowest BCUT2D eigenvalue weighted by molar-refractivity contribution is -0.141. The predicted molar refractivity (Wildman–Crippen MR) is 94.2 cm³/mol. The number of likely N-dealkylation sites (tertiary alicyclic amines) is 1. The van der Waals surface area contributed by atoms with Crippen LogP contribution in [0.4, 0.5) is 0 Å². The van der Waals surface area contributed by atoms with E-state index in [1.165, 1.54) is 25.7 Å². The molecule has 0 unspecified atom stereocenters. The minimum absolute atomic E-state index is 0.0605. The molecule has 0 aromatic heterocycles. The van der Waals surface area contributed by atoms with Gasteiger partial charge >= 0.3 is 0 Å². The summed E-state index contributed by atoms with van der Waals surface area (Å²) in [6, 6.07) is 10.3. The minimum atomic E-state index is -0.0605. The molecule has 1 saturated heterocycles. The van der Waals surface area contributed by atoms with Gasteiger partial charge in [0, 0.05) is 25.6 Å². The second-order valence-corrected chi connectivity index (χ2v) is 7.13. The van der Waals surface area contributed by atoms with E-state index >= 15 is 0 Å². The van der Waals surface area contributed by atoms with E-state index in [0.717, 1.165) is 18.4 Å². The molecule has 4 nitrogen and oxygen atoms in total. The van der Waals surface area contributed by atoms with Gasteiger partial charge in [-0.1, -0.05) is 56.0 Å². The first-order chi connectivity index (χ1) is 11.7. The van der Waals surface area contributed by atoms with Crippen LogP contribution in [0.25, 0.3) is 0 Å². The third-order valence-electron chi connectivity index (χ3n) is 5.39. The highest BCUT2D eigenvalue weighted by atomic mass is 16.2. The first kappa shape index (κ1) is 17.0. The molecule has 0 radical (unpaired) electrons. The van der Waals surface area contributed by atoms with Gasteiger partial charge in [-0.3, -0.25) is 9.59 Å². The molecule has 1 aliphatic heterocycles. The highest BCUT2D eigenvalue weighted by Crippen LogP contribution is 2.27. The molecule has 0 spiro atoms. The zero-order valence-electron chi connectivity index (χ0n) is 14.4. The van der Waals surface area contributed by atoms with Crippen molar-refractivity contribution in [2.24, 2.45) is 5.92 Å². The molecular weight excluding hydrogens is 300 g/mol. The smallest absolute Gasteiger partial charge is 0.225 e. The van der Waals surface area contributed by atoms with Crippen molar-refractivity contribution in [1.29, 1.82) is 0 Å². The average Bonchev–Trinajstić information content (AvgIpc) is 2.90. The van der Waals surface area contributed by atoms with Gasteiger partial charge in [0.05, 0.1) is 5.92 Å². The second kappa shape index (κ2) is 8.32. The maximum atomic E-state index is 12.5. The van der Waals surface area contributed by atoms with Gasteiger partial charge in [0.2, 0.25) is 11.8 Å². The van der Waals surface area contributed by atoms with Crippen LogP contribution in [-0.2, 0) is 16.1 Å². The molecule has 2 aliphatic rings. The van der Waals surface area contributed by atoms with Crippen LogP contribution >= 0.6 is 0 Å². The summed E-state index contributed by atoms with van der Waals surface area (Å²) in [6.45, 7) is 1.16. The van der Waals surface area contributed by atoms with E-state index in [9.17, 15) is 9.59 Å². The monoisotopic (exact) mass is 328 g/mol. The van der Waals surface area contributed by atoms with Crippen molar-refractivity contribution in [3.63, 3.8) is 0 Å². The maximum Gasteiger partial charge on any atom is 0.225 e. The fraction of sp³-hybridized carbons (Fsp3) is 0.600. The molecule has 4 heteroatoms. The maximum absolute atomic E-state index is 12.5. The molecule has 3 rings (SSSR count). The number of nitrogens with one attached hydrogen (secondary N) is 1. The number of hydrogen-bond acceptors (Lipinski definition) is 2. The molecule has 130 valence electrons. The summed E-state index contributed by atoms with van der Waals surface area (Å²) in [4.78, 5) is 26.9. The molecule has 2 amide bonds. The molecule has 1 atom stereocenters. The zero-order chi connectivity index (χ0) is 16.8. The summed E-state index contributed by atoms with van der Waals surface area (Å²) in [6.07, 6.45) is 8.37. The van der Waals surface area contributed by atoms with Crippen LogP contribution in [0.5, 0.6) is 0 Å². The van der Waals surface area contributed by atoms with Crippen molar-refractivity contribution in [2.75, 3.05) is 6.54 Å². The Morgan fingerprint density at radius 2 is 1.75 bits per heavy atom. The lowest BCUT2D eigenvalue weighted by Crippen LogP contribution is -2.49. The Morgan fingerprint density at radius 3 is 2.46 bits per heavy atom. The van der Waals surface area contributed by atoms with Crippen LogP contribution in [0, 0.1) is 5.92 Å². The molecule has 2 fully saturated rings. The third-order valence-corrected chi connectivity index (χ3v) is 5.39. The van der Waals surface area contributed by atoms with Gasteiger partial charge in [-0.05, 0) is 24.8 Å². The number of benzene rings is 1. The van der Waals surface area contributed by atoms with Crippen LogP contribution in [0.3, 0.4) is 0 Å². The second-order valence-electron chi connectivity index (χ2n) is 7.13.